The second kappa shape index (κ2) is 4.70. The normalized spacial score (nSPS) is 10.1. The van der Waals surface area contributed by atoms with Crippen molar-refractivity contribution in [1.29, 1.82) is 0 Å². The third-order valence-electron chi connectivity index (χ3n) is 2.42. The zero-order chi connectivity index (χ0) is 13.1. The Morgan fingerprint density at radius 3 is 2.72 bits per heavy atom. The number of rotatable bonds is 3. The second-order valence-corrected chi connectivity index (χ2v) is 3.50. The molecule has 2 rings (SSSR count). The Hall–Kier alpha value is -2.63. The van der Waals surface area contributed by atoms with Crippen LogP contribution in [0.15, 0.2) is 41.3 Å². The molecule has 1 aromatic heterocycles. The van der Waals surface area contributed by atoms with E-state index < -0.39 is 11.5 Å². The fourth-order valence-corrected chi connectivity index (χ4v) is 1.58. The summed E-state index contributed by atoms with van der Waals surface area (Å²) in [5, 5.41) is 3.92. The van der Waals surface area contributed by atoms with E-state index in [1.165, 1.54) is 19.4 Å². The summed E-state index contributed by atoms with van der Waals surface area (Å²) >= 11 is 0. The van der Waals surface area contributed by atoms with Gasteiger partial charge in [-0.2, -0.15) is 9.78 Å². The molecule has 0 radical (unpaired) electrons. The van der Waals surface area contributed by atoms with Crippen molar-refractivity contribution in [2.75, 3.05) is 7.11 Å². The number of hydrogen-bond acceptors (Lipinski definition) is 4. The SMILES string of the molecule is COc1ccccc1-n1nccc(C(N)=O)c1=O. The van der Waals surface area contributed by atoms with Crippen molar-refractivity contribution < 1.29 is 9.53 Å². The second-order valence-electron chi connectivity index (χ2n) is 3.50. The van der Waals surface area contributed by atoms with Crippen molar-refractivity contribution >= 4 is 5.91 Å². The molecule has 0 aliphatic rings. The van der Waals surface area contributed by atoms with Crippen LogP contribution in [0, 0.1) is 0 Å². The molecule has 0 atom stereocenters. The van der Waals surface area contributed by atoms with Gasteiger partial charge in [0, 0.05) is 6.20 Å². The number of aromatic nitrogens is 2. The van der Waals surface area contributed by atoms with Crippen LogP contribution in [-0.2, 0) is 0 Å². The molecule has 18 heavy (non-hydrogen) atoms. The van der Waals surface area contributed by atoms with Crippen LogP contribution in [-0.4, -0.2) is 22.8 Å². The molecule has 0 spiro atoms. The minimum absolute atomic E-state index is 0.115. The Bertz CT molecular complexity index is 649. The average molecular weight is 245 g/mol. The Labute approximate surface area is 103 Å². The number of nitrogens with two attached hydrogens (primary N) is 1. The van der Waals surface area contributed by atoms with Gasteiger partial charge in [0.2, 0.25) is 0 Å². The lowest BCUT2D eigenvalue weighted by molar-refractivity contribution is 0.0998. The first kappa shape index (κ1) is 11.8. The van der Waals surface area contributed by atoms with Crippen LogP contribution >= 0.6 is 0 Å². The van der Waals surface area contributed by atoms with Crippen molar-refractivity contribution in [1.82, 2.24) is 9.78 Å². The quantitative estimate of drug-likeness (QED) is 0.844. The molecule has 2 aromatic rings. The zero-order valence-corrected chi connectivity index (χ0v) is 9.66. The Balaban J connectivity index is 2.69. The predicted octanol–water partition coefficient (Wildman–Crippen LogP) is 0.340. The number of methoxy groups -OCH3 is 1. The van der Waals surface area contributed by atoms with Crippen LogP contribution in [0.4, 0.5) is 0 Å². The summed E-state index contributed by atoms with van der Waals surface area (Å²) in [6.07, 6.45) is 1.34. The molecule has 6 nitrogen and oxygen atoms in total. The van der Waals surface area contributed by atoms with Crippen LogP contribution in [0.3, 0.4) is 0 Å². The molecule has 0 saturated heterocycles. The van der Waals surface area contributed by atoms with Gasteiger partial charge < -0.3 is 10.5 Å². The highest BCUT2D eigenvalue weighted by atomic mass is 16.5. The van der Waals surface area contributed by atoms with Crippen molar-refractivity contribution in [2.24, 2.45) is 5.73 Å². The molecular formula is C12H11N3O3. The molecule has 1 amide bonds. The highest BCUT2D eigenvalue weighted by molar-refractivity contribution is 5.92. The molecule has 0 aliphatic heterocycles. The molecular weight excluding hydrogens is 234 g/mol. The van der Waals surface area contributed by atoms with Crippen LogP contribution in [0.1, 0.15) is 10.4 Å². The van der Waals surface area contributed by atoms with Crippen LogP contribution < -0.4 is 16.0 Å². The molecule has 92 valence electrons. The number of carbonyl (C=O) groups is 1. The van der Waals surface area contributed by atoms with Gasteiger partial charge in [-0.25, -0.2) is 0 Å². The topological polar surface area (TPSA) is 87.2 Å². The number of amides is 1. The molecule has 2 N–H and O–H groups in total. The summed E-state index contributed by atoms with van der Waals surface area (Å²) in [4.78, 5) is 23.1. The average Bonchev–Trinajstić information content (AvgIpc) is 2.38. The lowest BCUT2D eigenvalue weighted by Crippen LogP contribution is -2.30. The van der Waals surface area contributed by atoms with Gasteiger partial charge in [0.05, 0.1) is 7.11 Å². The van der Waals surface area contributed by atoms with Crippen molar-refractivity contribution in [3.8, 4) is 11.4 Å². The highest BCUT2D eigenvalue weighted by Crippen LogP contribution is 2.19. The smallest absolute Gasteiger partial charge is 0.284 e. The van der Waals surface area contributed by atoms with Crippen LogP contribution in [0.2, 0.25) is 0 Å². The fourth-order valence-electron chi connectivity index (χ4n) is 1.58. The summed E-state index contributed by atoms with van der Waals surface area (Å²) in [6, 6.07) is 8.16. The van der Waals surface area contributed by atoms with E-state index in [0.717, 1.165) is 4.68 Å². The lowest BCUT2D eigenvalue weighted by Gasteiger charge is -2.09. The van der Waals surface area contributed by atoms with E-state index in [-0.39, 0.29) is 5.56 Å². The summed E-state index contributed by atoms with van der Waals surface area (Å²) in [5.74, 6) is -0.306. The molecule has 6 heteroatoms. The number of para-hydroxylation sites is 2. The standard InChI is InChI=1S/C12H11N3O3/c1-18-10-5-3-2-4-9(10)15-12(17)8(11(13)16)6-7-14-15/h2-7H,1H3,(H2,13,16). The minimum atomic E-state index is -0.786. The predicted molar refractivity (Wildman–Crippen MR) is 64.9 cm³/mol. The summed E-state index contributed by atoms with van der Waals surface area (Å²) in [5.41, 5.74) is 4.88. The number of benzene rings is 1. The van der Waals surface area contributed by atoms with Crippen molar-refractivity contribution in [2.45, 2.75) is 0 Å². The molecule has 1 aromatic carbocycles. The summed E-state index contributed by atoms with van der Waals surface area (Å²) < 4.78 is 6.22. The maximum Gasteiger partial charge on any atom is 0.284 e. The third kappa shape index (κ3) is 1.95. The van der Waals surface area contributed by atoms with E-state index in [0.29, 0.717) is 11.4 Å². The third-order valence-corrected chi connectivity index (χ3v) is 2.42. The number of hydrogen-bond donors (Lipinski definition) is 1. The van der Waals surface area contributed by atoms with Gasteiger partial charge in [-0.05, 0) is 18.2 Å². The number of primary amides is 1. The molecule has 0 unspecified atom stereocenters. The van der Waals surface area contributed by atoms with Gasteiger partial charge >= 0.3 is 0 Å². The largest absolute Gasteiger partial charge is 0.494 e. The fraction of sp³-hybridized carbons (Fsp3) is 0.0833. The lowest BCUT2D eigenvalue weighted by atomic mass is 10.2. The van der Waals surface area contributed by atoms with Gasteiger partial charge in [0.15, 0.2) is 0 Å². The Morgan fingerprint density at radius 2 is 2.06 bits per heavy atom. The molecule has 0 fully saturated rings. The van der Waals surface area contributed by atoms with E-state index in [1.54, 1.807) is 24.3 Å². The van der Waals surface area contributed by atoms with E-state index in [4.69, 9.17) is 10.5 Å². The van der Waals surface area contributed by atoms with Gasteiger partial charge in [-0.15, -0.1) is 0 Å². The number of nitrogens with zero attached hydrogens (tertiary/aromatic N) is 2. The molecule has 0 saturated carbocycles. The van der Waals surface area contributed by atoms with E-state index in [9.17, 15) is 9.59 Å². The number of ether oxygens (including phenoxy) is 1. The van der Waals surface area contributed by atoms with Crippen LogP contribution in [0.25, 0.3) is 5.69 Å². The minimum Gasteiger partial charge on any atom is -0.494 e. The van der Waals surface area contributed by atoms with Crippen molar-refractivity contribution in [3.05, 3.63) is 52.4 Å². The summed E-state index contributed by atoms with van der Waals surface area (Å²) in [6.45, 7) is 0. The Kier molecular flexibility index (Phi) is 3.09. The number of carbonyl (C=O) groups excluding carboxylic acids is 1. The first-order chi connectivity index (χ1) is 8.65. The first-order valence-corrected chi connectivity index (χ1v) is 5.16. The molecule has 0 aliphatic carbocycles. The van der Waals surface area contributed by atoms with Gasteiger partial charge in [0.1, 0.15) is 17.0 Å². The maximum absolute atomic E-state index is 12.0. The van der Waals surface area contributed by atoms with Crippen LogP contribution in [0.5, 0.6) is 5.75 Å². The Morgan fingerprint density at radius 1 is 1.33 bits per heavy atom. The summed E-state index contributed by atoms with van der Waals surface area (Å²) in [7, 11) is 1.49. The maximum atomic E-state index is 12.0. The molecule has 0 bridgehead atoms. The van der Waals surface area contributed by atoms with Crippen molar-refractivity contribution in [3.63, 3.8) is 0 Å². The highest BCUT2D eigenvalue weighted by Gasteiger charge is 2.13. The van der Waals surface area contributed by atoms with E-state index in [1.807, 2.05) is 0 Å². The molecule has 1 heterocycles. The van der Waals surface area contributed by atoms with E-state index >= 15 is 0 Å². The van der Waals surface area contributed by atoms with Gasteiger partial charge in [0.25, 0.3) is 11.5 Å². The first-order valence-electron chi connectivity index (χ1n) is 5.16. The monoisotopic (exact) mass is 245 g/mol. The van der Waals surface area contributed by atoms with E-state index in [2.05, 4.69) is 5.10 Å². The van der Waals surface area contributed by atoms with Gasteiger partial charge in [-0.3, -0.25) is 9.59 Å². The van der Waals surface area contributed by atoms with Gasteiger partial charge in [-0.1, -0.05) is 12.1 Å². The zero-order valence-electron chi connectivity index (χ0n) is 9.66.